The molecule has 0 aliphatic carbocycles. The molecule has 1 amide bonds. The summed E-state index contributed by atoms with van der Waals surface area (Å²) in [5.74, 6) is 0.282. The number of benzene rings is 3. The van der Waals surface area contributed by atoms with Gasteiger partial charge >= 0.3 is 0 Å². The first-order chi connectivity index (χ1) is 15.3. The summed E-state index contributed by atoms with van der Waals surface area (Å²) in [5, 5.41) is 3.26. The SMILES string of the molecule is CC(C)c1ccc(NC(=O)[C@@H]2CN(S(=O)(=O)c3ccc(Cl)cc3)c3ccccc3O2)cc1. The van der Waals surface area contributed by atoms with Crippen LogP contribution in [0.3, 0.4) is 0 Å². The molecule has 0 saturated carbocycles. The molecule has 1 aliphatic rings. The number of amides is 1. The van der Waals surface area contributed by atoms with E-state index in [0.29, 0.717) is 28.1 Å². The predicted octanol–water partition coefficient (Wildman–Crippen LogP) is 5.06. The van der Waals surface area contributed by atoms with Crippen LogP contribution < -0.4 is 14.4 Å². The summed E-state index contributed by atoms with van der Waals surface area (Å²) in [6.07, 6.45) is -1.02. The van der Waals surface area contributed by atoms with Gasteiger partial charge in [-0.2, -0.15) is 0 Å². The van der Waals surface area contributed by atoms with Gasteiger partial charge in [0.15, 0.2) is 6.10 Å². The highest BCUT2D eigenvalue weighted by Crippen LogP contribution is 2.37. The molecular formula is C24H23ClN2O4S. The molecule has 0 fully saturated rings. The van der Waals surface area contributed by atoms with Crippen LogP contribution in [0.15, 0.2) is 77.7 Å². The van der Waals surface area contributed by atoms with Crippen LogP contribution in [-0.4, -0.2) is 27.0 Å². The maximum absolute atomic E-state index is 13.4. The lowest BCUT2D eigenvalue weighted by molar-refractivity contribution is -0.122. The van der Waals surface area contributed by atoms with Crippen LogP contribution in [0.2, 0.25) is 5.02 Å². The fourth-order valence-corrected chi connectivity index (χ4v) is 5.08. The van der Waals surface area contributed by atoms with Crippen LogP contribution in [0, 0.1) is 0 Å². The van der Waals surface area contributed by atoms with Crippen molar-refractivity contribution in [2.24, 2.45) is 0 Å². The maximum Gasteiger partial charge on any atom is 0.267 e. The van der Waals surface area contributed by atoms with Crippen LogP contribution >= 0.6 is 11.6 Å². The summed E-state index contributed by atoms with van der Waals surface area (Å²) in [6, 6.07) is 20.2. The van der Waals surface area contributed by atoms with E-state index in [1.807, 2.05) is 24.3 Å². The van der Waals surface area contributed by atoms with Crippen molar-refractivity contribution >= 4 is 38.9 Å². The van der Waals surface area contributed by atoms with Gasteiger partial charge in [0, 0.05) is 10.7 Å². The van der Waals surface area contributed by atoms with Gasteiger partial charge < -0.3 is 10.1 Å². The van der Waals surface area contributed by atoms with Crippen molar-refractivity contribution in [3.8, 4) is 5.75 Å². The van der Waals surface area contributed by atoms with E-state index >= 15 is 0 Å². The first-order valence-corrected chi connectivity index (χ1v) is 12.0. The number of hydrogen-bond donors (Lipinski definition) is 1. The van der Waals surface area contributed by atoms with Crippen LogP contribution in [-0.2, 0) is 14.8 Å². The maximum atomic E-state index is 13.4. The van der Waals surface area contributed by atoms with Crippen LogP contribution in [0.1, 0.15) is 25.3 Å². The minimum atomic E-state index is -3.93. The number of anilines is 2. The smallest absolute Gasteiger partial charge is 0.267 e. The highest BCUT2D eigenvalue weighted by Gasteiger charge is 2.37. The second kappa shape index (κ2) is 8.84. The topological polar surface area (TPSA) is 75.7 Å². The Kier molecular flexibility index (Phi) is 6.13. The number of rotatable bonds is 5. The van der Waals surface area contributed by atoms with Gasteiger partial charge in [0.2, 0.25) is 0 Å². The lowest BCUT2D eigenvalue weighted by Crippen LogP contribution is -2.48. The number of nitrogens with zero attached hydrogens (tertiary/aromatic N) is 1. The van der Waals surface area contributed by atoms with Gasteiger partial charge in [0.25, 0.3) is 15.9 Å². The lowest BCUT2D eigenvalue weighted by Gasteiger charge is -2.34. The Labute approximate surface area is 192 Å². The first kappa shape index (κ1) is 22.2. The average Bonchev–Trinajstić information content (AvgIpc) is 2.79. The predicted molar refractivity (Wildman–Crippen MR) is 126 cm³/mol. The zero-order chi connectivity index (χ0) is 22.9. The van der Waals surface area contributed by atoms with E-state index in [1.54, 1.807) is 24.3 Å². The Balaban J connectivity index is 1.62. The Morgan fingerprint density at radius 2 is 1.69 bits per heavy atom. The van der Waals surface area contributed by atoms with Crippen molar-refractivity contribution in [1.82, 2.24) is 0 Å². The fourth-order valence-electron chi connectivity index (χ4n) is 3.47. The quantitative estimate of drug-likeness (QED) is 0.565. The van der Waals surface area contributed by atoms with Crippen molar-refractivity contribution in [1.29, 1.82) is 0 Å². The summed E-state index contributed by atoms with van der Waals surface area (Å²) in [5.41, 5.74) is 2.16. The summed E-state index contributed by atoms with van der Waals surface area (Å²) >= 11 is 5.92. The monoisotopic (exact) mass is 470 g/mol. The molecule has 1 heterocycles. The third kappa shape index (κ3) is 4.45. The van der Waals surface area contributed by atoms with E-state index in [1.165, 1.54) is 28.6 Å². The molecule has 0 bridgehead atoms. The summed E-state index contributed by atoms with van der Waals surface area (Å²) in [7, 11) is -3.93. The van der Waals surface area contributed by atoms with E-state index in [2.05, 4.69) is 19.2 Å². The number of halogens is 1. The van der Waals surface area contributed by atoms with Crippen LogP contribution in [0.5, 0.6) is 5.75 Å². The molecule has 166 valence electrons. The zero-order valence-corrected chi connectivity index (χ0v) is 19.2. The van der Waals surface area contributed by atoms with Gasteiger partial charge in [-0.25, -0.2) is 8.42 Å². The number of nitrogens with one attached hydrogen (secondary N) is 1. The highest BCUT2D eigenvalue weighted by molar-refractivity contribution is 7.92. The lowest BCUT2D eigenvalue weighted by atomic mass is 10.0. The summed E-state index contributed by atoms with van der Waals surface area (Å²) in [6.45, 7) is 4.03. The zero-order valence-electron chi connectivity index (χ0n) is 17.7. The molecule has 0 saturated heterocycles. The number of fused-ring (bicyclic) bond motifs is 1. The summed E-state index contributed by atoms with van der Waals surface area (Å²) in [4.78, 5) is 13.1. The second-order valence-corrected chi connectivity index (χ2v) is 10.1. The molecule has 1 aliphatic heterocycles. The molecule has 1 N–H and O–H groups in total. The molecule has 0 spiro atoms. The van der Waals surface area contributed by atoms with E-state index < -0.39 is 22.0 Å². The third-order valence-electron chi connectivity index (χ3n) is 5.27. The number of ether oxygens (including phenoxy) is 1. The van der Waals surface area contributed by atoms with Crippen molar-refractivity contribution in [3.05, 3.63) is 83.4 Å². The molecule has 0 radical (unpaired) electrons. The molecule has 3 aromatic rings. The van der Waals surface area contributed by atoms with E-state index in [4.69, 9.17) is 16.3 Å². The highest BCUT2D eigenvalue weighted by atomic mass is 35.5. The van der Waals surface area contributed by atoms with Crippen molar-refractivity contribution < 1.29 is 17.9 Å². The summed E-state index contributed by atoms with van der Waals surface area (Å²) < 4.78 is 33.8. The Morgan fingerprint density at radius 1 is 1.03 bits per heavy atom. The largest absolute Gasteiger partial charge is 0.476 e. The molecule has 8 heteroatoms. The molecule has 0 unspecified atom stereocenters. The molecule has 1 atom stereocenters. The minimum Gasteiger partial charge on any atom is -0.476 e. The second-order valence-electron chi connectivity index (χ2n) is 7.83. The van der Waals surface area contributed by atoms with E-state index in [-0.39, 0.29) is 11.4 Å². The molecule has 32 heavy (non-hydrogen) atoms. The average molecular weight is 471 g/mol. The van der Waals surface area contributed by atoms with Gasteiger partial charge in [0.1, 0.15) is 5.75 Å². The van der Waals surface area contributed by atoms with Gasteiger partial charge in [-0.3, -0.25) is 9.10 Å². The molecule has 0 aromatic heterocycles. The normalized spacial score (nSPS) is 15.8. The minimum absolute atomic E-state index is 0.0852. The first-order valence-electron chi connectivity index (χ1n) is 10.2. The van der Waals surface area contributed by atoms with E-state index in [0.717, 1.165) is 5.56 Å². The molecule has 4 rings (SSSR count). The fraction of sp³-hybridized carbons (Fsp3) is 0.208. The Hall–Kier alpha value is -3.03. The molecular weight excluding hydrogens is 448 g/mol. The van der Waals surface area contributed by atoms with Gasteiger partial charge in [-0.1, -0.05) is 49.7 Å². The number of para-hydroxylation sites is 2. The van der Waals surface area contributed by atoms with Gasteiger partial charge in [0.05, 0.1) is 17.1 Å². The van der Waals surface area contributed by atoms with Crippen LogP contribution in [0.4, 0.5) is 11.4 Å². The van der Waals surface area contributed by atoms with Crippen molar-refractivity contribution in [3.63, 3.8) is 0 Å². The van der Waals surface area contributed by atoms with Crippen molar-refractivity contribution in [2.45, 2.75) is 30.8 Å². The standard InChI is InChI=1S/C24H23ClN2O4S/c1-16(2)17-7-11-19(12-8-17)26-24(28)23-15-27(21-5-3-4-6-22(21)31-23)32(29,30)20-13-9-18(25)10-14-20/h3-14,16,23H,15H2,1-2H3,(H,26,28)/t23-/m0/s1. The third-order valence-corrected chi connectivity index (χ3v) is 7.32. The Bertz CT molecular complexity index is 1230. The van der Waals surface area contributed by atoms with E-state index in [9.17, 15) is 13.2 Å². The number of hydrogen-bond acceptors (Lipinski definition) is 4. The van der Waals surface area contributed by atoms with Crippen molar-refractivity contribution in [2.75, 3.05) is 16.2 Å². The number of sulfonamides is 1. The number of carbonyl (C=O) groups excluding carboxylic acids is 1. The Morgan fingerprint density at radius 3 is 2.34 bits per heavy atom. The number of carbonyl (C=O) groups is 1. The molecule has 6 nitrogen and oxygen atoms in total. The van der Waals surface area contributed by atoms with Gasteiger partial charge in [-0.05, 0) is 60.0 Å². The molecule has 3 aromatic carbocycles. The van der Waals surface area contributed by atoms with Gasteiger partial charge in [-0.15, -0.1) is 0 Å². The van der Waals surface area contributed by atoms with Crippen LogP contribution in [0.25, 0.3) is 0 Å².